The van der Waals surface area contributed by atoms with E-state index in [-0.39, 0.29) is 74.9 Å². The Bertz CT molecular complexity index is 4980. The molecule has 2 heterocycles. The number of carboxylic acids is 5. The summed E-state index contributed by atoms with van der Waals surface area (Å²) in [7, 11) is 0. The molecule has 0 aliphatic carbocycles. The van der Waals surface area contributed by atoms with Crippen molar-refractivity contribution in [2.24, 2.45) is 29.6 Å². The number of amides is 6. The minimum atomic E-state index is -2.36. The molecule has 0 bridgehead atoms. The normalized spacial score (nSPS) is 14.3. The Labute approximate surface area is 841 Å². The van der Waals surface area contributed by atoms with E-state index in [9.17, 15) is 79.5 Å². The van der Waals surface area contributed by atoms with Crippen molar-refractivity contribution < 1.29 is 139 Å². The number of benzene rings is 7. The Morgan fingerprint density at radius 2 is 0.708 bits per heavy atom. The number of hydrogen-bond acceptors (Lipinski definition) is 21. The molecule has 2 saturated heterocycles. The third-order valence-electron chi connectivity index (χ3n) is 23.0. The minimum Gasteiger partial charge on any atom is -0.481 e. The first kappa shape index (κ1) is 125. The number of halogens is 5. The highest BCUT2D eigenvalue weighted by molar-refractivity contribution is 6.03. The quantitative estimate of drug-likeness (QED) is 0.00178. The number of hydrogen-bond donors (Lipinski definition) is 7. The fourth-order valence-corrected chi connectivity index (χ4v) is 14.2. The fraction of sp³-hybridized carbons (Fsp3) is 0.468. The molecule has 6 amide bonds. The van der Waals surface area contributed by atoms with E-state index in [0.29, 0.717) is 114 Å². The third-order valence-corrected chi connectivity index (χ3v) is 23.0. The topological polar surface area (TPSA) is 408 Å². The Morgan fingerprint density at radius 3 is 1.06 bits per heavy atom. The van der Waals surface area contributed by atoms with Crippen molar-refractivity contribution in [1.82, 2.24) is 30.9 Å². The zero-order chi connectivity index (χ0) is 107. The lowest BCUT2D eigenvalue weighted by Gasteiger charge is -2.30. The number of nitrogens with zero attached hydrogens (tertiary/aromatic N) is 4. The molecule has 2 aliphatic rings. The van der Waals surface area contributed by atoms with Crippen LogP contribution in [0.25, 0.3) is 0 Å². The van der Waals surface area contributed by atoms with Gasteiger partial charge in [-0.05, 0) is 132 Å². The summed E-state index contributed by atoms with van der Waals surface area (Å²) in [6, 6.07) is 56.9. The van der Waals surface area contributed by atoms with Gasteiger partial charge in [0.05, 0.1) is 62.1 Å². The van der Waals surface area contributed by atoms with Crippen molar-refractivity contribution in [3.05, 3.63) is 269 Å². The van der Waals surface area contributed by atoms with Crippen LogP contribution in [-0.4, -0.2) is 168 Å². The molecule has 7 N–H and O–H groups in total. The summed E-state index contributed by atoms with van der Waals surface area (Å²) in [6.07, 6.45) is 16.3. The zero-order valence-corrected chi connectivity index (χ0v) is 84.5. The highest BCUT2D eigenvalue weighted by Crippen LogP contribution is 2.37. The van der Waals surface area contributed by atoms with Gasteiger partial charge in [0.1, 0.15) is 24.4 Å². The summed E-state index contributed by atoms with van der Waals surface area (Å²) >= 11 is 0. The van der Waals surface area contributed by atoms with Gasteiger partial charge in [0, 0.05) is 24.2 Å². The molecule has 0 unspecified atom stereocenters. The predicted molar refractivity (Wildman–Crippen MR) is 532 cm³/mol. The smallest absolute Gasteiger partial charge is 0.417 e. The van der Waals surface area contributed by atoms with Gasteiger partial charge >= 0.3 is 48.0 Å². The molecule has 2 fully saturated rings. The van der Waals surface area contributed by atoms with E-state index in [2.05, 4.69) is 49.6 Å². The lowest BCUT2D eigenvalue weighted by molar-refractivity contribution is -0.184. The average molecular weight is 2020 g/mol. The number of rotatable bonds is 56. The number of aliphatic carboxylic acids is 5. The molecular weight excluding hydrogens is 1870 g/mol. The summed E-state index contributed by atoms with van der Waals surface area (Å²) in [5.41, 5.74) is 10.9. The first-order chi connectivity index (χ1) is 68.8. The number of cyclic esters (lactones) is 2. The Balaban J connectivity index is 0.000000447. The molecule has 790 valence electrons. The highest BCUT2D eigenvalue weighted by Gasteiger charge is 2.53. The standard InChI is InChI=1S/C26H34N2O4.C21H20F5NO4.C19H25NO3.C15H21NO4.C14H21NO3.C7H12O4.C7H12O2/c1-4-5-16-22(18-27-31-19-21-14-10-7-11-15-21)24(29)28-23(26(2,3)32-25(28)30)17-20-12-8-6-9-13-20;1-2-3-9-14(10-27(12-28)30-11-13-7-5-4-6-8-13)21(29)31-20-18(25)16(23)15(22)17(24)19(20)26;1-5-6-10-14(2)17(21)20-16(19(3,4)23-18(20)22)13-15-11-8-7-9-12-15;1-2-3-9-14(15(18)19)10-16(12-17)20-11-13-7-5-4-6-8-13;1-2-3-9-13(14(16)17)10-15-18-11-12-7-5-4-6-8-12;1-2-3-4-5(6(8)9)7(10)11;1-3-4-5-6(2)7(8)9/h6-15,22-23,27H,4-5,16-19H2,1-3H3;4-8,12,14H,2-3,9-11H2,1H3;7-9,11-12,16H,2,5-6,10,13H2,1,3-4H3;4-8,12,14H,2-3,9-11H2,1H3,(H,18,19);4-8,13,15H,2-3,9-11H2,1H3,(H,16,17);5H,2-4H2,1H3,(H,8,9)(H,10,11);2-5H2,1H3,(H,8,9)/t22-,23+;14-;16-;14-;13-;;/m11011../s1. The van der Waals surface area contributed by atoms with E-state index < -0.39 is 112 Å². The summed E-state index contributed by atoms with van der Waals surface area (Å²) in [5, 5.41) is 45.1. The van der Waals surface area contributed by atoms with Crippen molar-refractivity contribution in [2.45, 2.75) is 274 Å². The van der Waals surface area contributed by atoms with Crippen molar-refractivity contribution >= 4 is 72.6 Å². The van der Waals surface area contributed by atoms with Crippen LogP contribution in [0.4, 0.5) is 31.5 Å². The van der Waals surface area contributed by atoms with Gasteiger partial charge in [-0.3, -0.25) is 62.5 Å². The Kier molecular flexibility index (Phi) is 60.8. The lowest BCUT2D eigenvalue weighted by atomic mass is 9.90. The van der Waals surface area contributed by atoms with Gasteiger partial charge in [-0.1, -0.05) is 321 Å². The lowest BCUT2D eigenvalue weighted by Crippen LogP contribution is -2.49. The number of nitrogens with one attached hydrogen (secondary N) is 2. The van der Waals surface area contributed by atoms with Crippen molar-refractivity contribution in [3.8, 4) is 5.75 Å². The van der Waals surface area contributed by atoms with Crippen LogP contribution in [0.3, 0.4) is 0 Å². The van der Waals surface area contributed by atoms with Gasteiger partial charge in [-0.15, -0.1) is 0 Å². The summed E-state index contributed by atoms with van der Waals surface area (Å²) in [4.78, 5) is 163. The Hall–Kier alpha value is -12.9. The summed E-state index contributed by atoms with van der Waals surface area (Å²) in [6.45, 7) is 30.2. The molecule has 6 atom stereocenters. The second kappa shape index (κ2) is 69.9. The maximum absolute atomic E-state index is 13.8. The van der Waals surface area contributed by atoms with Gasteiger partial charge in [0.15, 0.2) is 5.92 Å². The molecule has 9 rings (SSSR count). The number of carbonyl (C=O) groups is 12. The van der Waals surface area contributed by atoms with Crippen LogP contribution in [0.5, 0.6) is 5.75 Å². The molecule has 0 saturated carbocycles. The van der Waals surface area contributed by atoms with Gasteiger partial charge in [0.2, 0.25) is 53.6 Å². The monoisotopic (exact) mass is 2020 g/mol. The van der Waals surface area contributed by atoms with E-state index >= 15 is 0 Å². The second-order valence-corrected chi connectivity index (χ2v) is 35.4. The molecule has 144 heavy (non-hydrogen) atoms. The highest BCUT2D eigenvalue weighted by atomic mass is 19.2. The number of ether oxygens (including phenoxy) is 3. The van der Waals surface area contributed by atoms with E-state index in [1.165, 1.54) is 9.80 Å². The van der Waals surface area contributed by atoms with Gasteiger partial charge < -0.3 is 39.7 Å². The predicted octanol–water partition coefficient (Wildman–Crippen LogP) is 21.5. The number of imide groups is 2. The number of hydroxylamine groups is 6. The molecule has 35 heteroatoms. The van der Waals surface area contributed by atoms with Gasteiger partial charge in [0.25, 0.3) is 5.91 Å². The summed E-state index contributed by atoms with van der Waals surface area (Å²) < 4.78 is 83.1. The molecule has 0 radical (unpaired) electrons. The first-order valence-electron chi connectivity index (χ1n) is 48.7. The largest absolute Gasteiger partial charge is 0.481 e. The van der Waals surface area contributed by atoms with Crippen molar-refractivity contribution in [2.75, 3.05) is 26.2 Å². The molecule has 0 aromatic heterocycles. The van der Waals surface area contributed by atoms with E-state index in [0.717, 1.165) is 114 Å². The molecule has 30 nitrogen and oxygen atoms in total. The van der Waals surface area contributed by atoms with Crippen LogP contribution in [-0.2, 0) is 116 Å². The second-order valence-electron chi connectivity index (χ2n) is 35.4. The number of carboxylic acid groups (broad SMARTS) is 5. The molecule has 7 aromatic rings. The number of carbonyl (C=O) groups excluding carboxylic acids is 7. The van der Waals surface area contributed by atoms with E-state index in [1.54, 1.807) is 30.3 Å². The van der Waals surface area contributed by atoms with Crippen LogP contribution in [0.2, 0.25) is 0 Å². The van der Waals surface area contributed by atoms with Crippen molar-refractivity contribution in [3.63, 3.8) is 0 Å². The van der Waals surface area contributed by atoms with E-state index in [4.69, 9.17) is 54.4 Å². The Morgan fingerprint density at radius 1 is 0.403 bits per heavy atom. The van der Waals surface area contributed by atoms with Crippen LogP contribution >= 0.6 is 0 Å². The minimum absolute atomic E-state index is 0.00671. The van der Waals surface area contributed by atoms with Gasteiger partial charge in [-0.25, -0.2) is 58.4 Å². The zero-order valence-electron chi connectivity index (χ0n) is 84.5. The van der Waals surface area contributed by atoms with E-state index in [1.807, 2.05) is 207 Å². The van der Waals surface area contributed by atoms with Crippen LogP contribution in [0.1, 0.15) is 244 Å². The molecular formula is C109H145F5N6O24. The van der Waals surface area contributed by atoms with Crippen LogP contribution in [0, 0.1) is 58.7 Å². The number of unbranched alkanes of at least 4 members (excludes halogenated alkanes) is 7. The SMILES string of the molecule is C=C(CCCC)C(=O)N1C(=O)OC(C)(C)[C@@H]1Cc1ccccc1.C=C(CCCC)C(=O)O.CCCCC(C(=O)O)C(=O)O.CCCC[C@H](CN(C=O)OCc1ccccc1)C(=O)O.CCCC[C@H](CN(C=O)OCc1ccccc1)C(=O)Oc1c(F)c(F)c(F)c(F)c1F.CCCC[C@H](CNOCc1ccccc1)C(=O)N1C(=O)OC(C)(C)[C@@H]1Cc1ccccc1.CCCC[C@H](CNOCc1ccccc1)C(=O)O. The van der Waals surface area contributed by atoms with Crippen molar-refractivity contribution in [1.29, 1.82) is 0 Å². The molecule has 0 spiro atoms. The first-order valence-corrected chi connectivity index (χ1v) is 48.7. The van der Waals surface area contributed by atoms with Crippen LogP contribution in [0.15, 0.2) is 206 Å². The van der Waals surface area contributed by atoms with Gasteiger partial charge in [-0.2, -0.15) is 8.78 Å². The molecule has 2 aliphatic heterocycles. The number of esters is 1. The third kappa shape index (κ3) is 46.6. The summed E-state index contributed by atoms with van der Waals surface area (Å²) in [5.74, 6) is -23.5. The maximum Gasteiger partial charge on any atom is 0.417 e. The fourth-order valence-electron chi connectivity index (χ4n) is 14.2. The maximum atomic E-state index is 13.8. The van der Waals surface area contributed by atoms with Crippen LogP contribution < -0.4 is 15.7 Å². The average Bonchev–Trinajstić information content (AvgIpc) is 1.63. The molecule has 7 aromatic carbocycles.